The second-order valence-electron chi connectivity index (χ2n) is 6.71. The molecule has 5 nitrogen and oxygen atoms in total. The Hall–Kier alpha value is -2.70. The van der Waals surface area contributed by atoms with Gasteiger partial charge in [0.05, 0.1) is 18.9 Å². The SMILES string of the molecule is COc1cccc2c1O[C@@H](c1ccsc1)N1N=C(c3cc(Cl)ccc3O)C[C@H]21. The Morgan fingerprint density at radius 2 is 2.18 bits per heavy atom. The summed E-state index contributed by atoms with van der Waals surface area (Å²) in [7, 11) is 1.64. The van der Waals surface area contributed by atoms with Gasteiger partial charge in [0.2, 0.25) is 6.23 Å². The van der Waals surface area contributed by atoms with Crippen LogP contribution in [-0.4, -0.2) is 22.9 Å². The zero-order valence-electron chi connectivity index (χ0n) is 15.0. The predicted molar refractivity (Wildman–Crippen MR) is 110 cm³/mol. The Morgan fingerprint density at radius 3 is 2.96 bits per heavy atom. The number of phenolic OH excluding ortho intramolecular Hbond substituents is 1. The minimum atomic E-state index is -0.362. The van der Waals surface area contributed by atoms with E-state index in [0.29, 0.717) is 22.8 Å². The van der Waals surface area contributed by atoms with Crippen molar-refractivity contribution in [3.05, 3.63) is 74.9 Å². The van der Waals surface area contributed by atoms with Crippen LogP contribution in [0.4, 0.5) is 0 Å². The van der Waals surface area contributed by atoms with Gasteiger partial charge >= 0.3 is 0 Å². The number of hydrogen-bond donors (Lipinski definition) is 1. The van der Waals surface area contributed by atoms with Crippen LogP contribution in [0, 0.1) is 0 Å². The molecule has 1 N–H and O–H groups in total. The predicted octanol–water partition coefficient (Wildman–Crippen LogP) is 5.36. The zero-order chi connectivity index (χ0) is 19.3. The van der Waals surface area contributed by atoms with Crippen LogP contribution in [-0.2, 0) is 0 Å². The molecular weight excluding hydrogens is 396 g/mol. The number of methoxy groups -OCH3 is 1. The summed E-state index contributed by atoms with van der Waals surface area (Å²) in [5, 5.41) is 21.8. The van der Waals surface area contributed by atoms with Crippen LogP contribution in [0.15, 0.2) is 58.3 Å². The first-order valence-electron chi connectivity index (χ1n) is 8.86. The number of aromatic hydroxyl groups is 1. The second-order valence-corrected chi connectivity index (χ2v) is 7.93. The van der Waals surface area contributed by atoms with Gasteiger partial charge in [-0.2, -0.15) is 16.4 Å². The van der Waals surface area contributed by atoms with Crippen molar-refractivity contribution in [2.24, 2.45) is 5.10 Å². The summed E-state index contributed by atoms with van der Waals surface area (Å²) in [6, 6.07) is 12.9. The monoisotopic (exact) mass is 412 g/mol. The molecule has 2 atom stereocenters. The van der Waals surface area contributed by atoms with E-state index in [2.05, 4.69) is 5.38 Å². The third-order valence-electron chi connectivity index (χ3n) is 5.10. The maximum atomic E-state index is 10.3. The summed E-state index contributed by atoms with van der Waals surface area (Å²) in [5.41, 5.74) is 3.48. The van der Waals surface area contributed by atoms with Gasteiger partial charge in [0, 0.05) is 28.1 Å². The molecule has 0 unspecified atom stereocenters. The first-order chi connectivity index (χ1) is 13.7. The molecule has 0 spiro atoms. The smallest absolute Gasteiger partial charge is 0.214 e. The first kappa shape index (κ1) is 17.4. The number of thiophene rings is 1. The summed E-state index contributed by atoms with van der Waals surface area (Å²) < 4.78 is 11.9. The standard InChI is InChI=1S/C21H17ClN2O3S/c1-26-19-4-2-3-14-17-10-16(15-9-13(22)5-6-18(15)25)23-24(17)21(27-20(14)19)12-7-8-28-11-12/h2-9,11,17,21,25H,10H2,1H3/t17-,21+/m1/s1. The molecule has 142 valence electrons. The van der Waals surface area contributed by atoms with Crippen molar-refractivity contribution >= 4 is 28.6 Å². The third kappa shape index (κ3) is 2.72. The van der Waals surface area contributed by atoms with Crippen LogP contribution in [0.1, 0.15) is 35.4 Å². The lowest BCUT2D eigenvalue weighted by molar-refractivity contribution is -0.0206. The molecule has 0 aliphatic carbocycles. The van der Waals surface area contributed by atoms with E-state index >= 15 is 0 Å². The van der Waals surface area contributed by atoms with Crippen molar-refractivity contribution in [2.45, 2.75) is 18.7 Å². The normalized spacial score (nSPS) is 20.2. The average Bonchev–Trinajstić information content (AvgIpc) is 3.39. The number of ether oxygens (including phenoxy) is 2. The van der Waals surface area contributed by atoms with E-state index in [4.69, 9.17) is 26.2 Å². The van der Waals surface area contributed by atoms with Gasteiger partial charge in [0.15, 0.2) is 11.5 Å². The van der Waals surface area contributed by atoms with Gasteiger partial charge in [-0.05, 0) is 41.1 Å². The van der Waals surface area contributed by atoms with E-state index in [0.717, 1.165) is 22.6 Å². The summed E-state index contributed by atoms with van der Waals surface area (Å²) >= 11 is 7.78. The summed E-state index contributed by atoms with van der Waals surface area (Å²) in [6.45, 7) is 0. The minimum Gasteiger partial charge on any atom is -0.507 e. The molecule has 5 rings (SSSR count). The van der Waals surface area contributed by atoms with Crippen molar-refractivity contribution in [1.82, 2.24) is 5.01 Å². The van der Waals surface area contributed by atoms with Gasteiger partial charge in [-0.25, -0.2) is 5.01 Å². The highest BCUT2D eigenvalue weighted by Gasteiger charge is 2.42. The minimum absolute atomic E-state index is 0.0165. The Kier molecular flexibility index (Phi) is 4.18. The number of hydrogen-bond acceptors (Lipinski definition) is 6. The molecule has 1 aromatic heterocycles. The van der Waals surface area contributed by atoms with Crippen LogP contribution >= 0.6 is 22.9 Å². The third-order valence-corrected chi connectivity index (χ3v) is 6.03. The van der Waals surface area contributed by atoms with Crippen LogP contribution in [0.3, 0.4) is 0 Å². The Labute approximate surface area is 171 Å². The van der Waals surface area contributed by atoms with Crippen LogP contribution in [0.2, 0.25) is 5.02 Å². The molecule has 0 radical (unpaired) electrons. The number of phenols is 1. The van der Waals surface area contributed by atoms with Crippen LogP contribution < -0.4 is 9.47 Å². The lowest BCUT2D eigenvalue weighted by Crippen LogP contribution is -2.33. The number of para-hydroxylation sites is 1. The number of rotatable bonds is 3. The number of fused-ring (bicyclic) bond motifs is 3. The fourth-order valence-corrected chi connectivity index (χ4v) is 4.62. The summed E-state index contributed by atoms with van der Waals surface area (Å²) in [6.07, 6.45) is 0.275. The fourth-order valence-electron chi connectivity index (χ4n) is 3.78. The molecular formula is C21H17ClN2O3S. The lowest BCUT2D eigenvalue weighted by atomic mass is 9.95. The van der Waals surface area contributed by atoms with Gasteiger partial charge in [-0.3, -0.25) is 0 Å². The van der Waals surface area contributed by atoms with Gasteiger partial charge in [-0.15, -0.1) is 0 Å². The number of benzene rings is 2. The lowest BCUT2D eigenvalue weighted by Gasteiger charge is -2.38. The van der Waals surface area contributed by atoms with Gasteiger partial charge < -0.3 is 14.6 Å². The molecule has 28 heavy (non-hydrogen) atoms. The van der Waals surface area contributed by atoms with Crippen molar-refractivity contribution in [3.63, 3.8) is 0 Å². The van der Waals surface area contributed by atoms with Gasteiger partial charge in [0.25, 0.3) is 0 Å². The molecule has 2 aliphatic heterocycles. The van der Waals surface area contributed by atoms with E-state index in [1.54, 1.807) is 36.6 Å². The van der Waals surface area contributed by atoms with Crippen molar-refractivity contribution in [1.29, 1.82) is 0 Å². The van der Waals surface area contributed by atoms with Crippen molar-refractivity contribution < 1.29 is 14.6 Å². The Balaban J connectivity index is 1.64. The summed E-state index contributed by atoms with van der Waals surface area (Å²) in [4.78, 5) is 0. The number of halogens is 1. The molecule has 2 aliphatic rings. The number of hydrazone groups is 1. The Morgan fingerprint density at radius 1 is 1.29 bits per heavy atom. The fraction of sp³-hybridized carbons (Fsp3) is 0.190. The molecule has 0 saturated heterocycles. The number of nitrogens with zero attached hydrogens (tertiary/aromatic N) is 2. The van der Waals surface area contributed by atoms with Crippen molar-refractivity contribution in [3.8, 4) is 17.2 Å². The maximum absolute atomic E-state index is 10.3. The second kappa shape index (κ2) is 6.72. The van der Waals surface area contributed by atoms with Crippen LogP contribution in [0.5, 0.6) is 17.2 Å². The zero-order valence-corrected chi connectivity index (χ0v) is 16.6. The first-order valence-corrected chi connectivity index (χ1v) is 10.2. The topological polar surface area (TPSA) is 54.3 Å². The molecule has 0 bridgehead atoms. The van der Waals surface area contributed by atoms with Gasteiger partial charge in [-0.1, -0.05) is 23.7 Å². The van der Waals surface area contributed by atoms with E-state index in [1.165, 1.54) is 0 Å². The molecule has 2 aromatic carbocycles. The van der Waals surface area contributed by atoms with E-state index in [-0.39, 0.29) is 18.0 Å². The average molecular weight is 413 g/mol. The molecule has 0 fully saturated rings. The highest BCUT2D eigenvalue weighted by Crippen LogP contribution is 2.51. The molecule has 7 heteroatoms. The maximum Gasteiger partial charge on any atom is 0.214 e. The molecule has 0 saturated carbocycles. The van der Waals surface area contributed by atoms with E-state index in [9.17, 15) is 5.11 Å². The molecule has 0 amide bonds. The largest absolute Gasteiger partial charge is 0.507 e. The highest BCUT2D eigenvalue weighted by atomic mass is 35.5. The van der Waals surface area contributed by atoms with Crippen LogP contribution in [0.25, 0.3) is 0 Å². The van der Waals surface area contributed by atoms with E-state index in [1.807, 2.05) is 34.7 Å². The Bertz CT molecular complexity index is 1070. The van der Waals surface area contributed by atoms with E-state index < -0.39 is 0 Å². The quantitative estimate of drug-likeness (QED) is 0.629. The van der Waals surface area contributed by atoms with Gasteiger partial charge in [0.1, 0.15) is 5.75 Å². The van der Waals surface area contributed by atoms with Crippen molar-refractivity contribution in [2.75, 3.05) is 7.11 Å². The summed E-state index contributed by atoms with van der Waals surface area (Å²) in [5.74, 6) is 1.62. The highest BCUT2D eigenvalue weighted by molar-refractivity contribution is 7.07. The molecule has 3 aromatic rings. The molecule has 3 heterocycles.